The first kappa shape index (κ1) is 14.6. The number of rotatable bonds is 5. The summed E-state index contributed by atoms with van der Waals surface area (Å²) in [5, 5.41) is 12.1. The van der Waals surface area contributed by atoms with Crippen LogP contribution in [-0.2, 0) is 11.3 Å². The summed E-state index contributed by atoms with van der Waals surface area (Å²) in [5.74, 6) is -1.09. The summed E-state index contributed by atoms with van der Waals surface area (Å²) in [7, 11) is 0. The van der Waals surface area contributed by atoms with Crippen LogP contribution in [0.5, 0.6) is 0 Å². The van der Waals surface area contributed by atoms with E-state index >= 15 is 0 Å². The van der Waals surface area contributed by atoms with Crippen LogP contribution in [0.3, 0.4) is 0 Å². The van der Waals surface area contributed by atoms with Gasteiger partial charge in [0.15, 0.2) is 0 Å². The van der Waals surface area contributed by atoms with Gasteiger partial charge in [-0.2, -0.15) is 0 Å². The first-order valence-corrected chi connectivity index (χ1v) is 5.98. The van der Waals surface area contributed by atoms with E-state index in [0.29, 0.717) is 6.54 Å². The van der Waals surface area contributed by atoms with Gasteiger partial charge in [0, 0.05) is 12.6 Å². The minimum Gasteiger partial charge on any atom is -0.481 e. The Morgan fingerprint density at radius 2 is 1.89 bits per heavy atom. The summed E-state index contributed by atoms with van der Waals surface area (Å²) in [4.78, 5) is 10.8. The summed E-state index contributed by atoms with van der Waals surface area (Å²) < 4.78 is 12.7. The average Bonchev–Trinajstić information content (AvgIpc) is 2.24. The van der Waals surface area contributed by atoms with E-state index in [1.807, 2.05) is 20.8 Å². The third-order valence-electron chi connectivity index (χ3n) is 2.89. The van der Waals surface area contributed by atoms with E-state index in [1.165, 1.54) is 12.1 Å². The Hall–Kier alpha value is -1.42. The summed E-state index contributed by atoms with van der Waals surface area (Å²) in [5.41, 5.74) is 0.800. The van der Waals surface area contributed by atoms with Crippen LogP contribution in [0.2, 0.25) is 0 Å². The lowest BCUT2D eigenvalue weighted by atomic mass is 9.84. The van der Waals surface area contributed by atoms with Crippen molar-refractivity contribution in [2.45, 2.75) is 39.8 Å². The van der Waals surface area contributed by atoms with Crippen LogP contribution in [0.4, 0.5) is 4.39 Å². The van der Waals surface area contributed by atoms with Crippen molar-refractivity contribution in [3.05, 3.63) is 35.6 Å². The van der Waals surface area contributed by atoms with Crippen LogP contribution >= 0.6 is 0 Å². The van der Waals surface area contributed by atoms with Crippen molar-refractivity contribution in [3.63, 3.8) is 0 Å². The molecule has 0 aliphatic heterocycles. The SMILES string of the molecule is CC(C)(C)C(CC(=O)O)NCc1ccc(F)cc1. The van der Waals surface area contributed by atoms with Crippen molar-refractivity contribution in [2.75, 3.05) is 0 Å². The fraction of sp³-hybridized carbons (Fsp3) is 0.500. The number of halogens is 1. The molecule has 0 bridgehead atoms. The van der Waals surface area contributed by atoms with Crippen LogP contribution in [0, 0.1) is 11.2 Å². The number of nitrogens with one attached hydrogen (secondary N) is 1. The highest BCUT2D eigenvalue weighted by molar-refractivity contribution is 5.67. The van der Waals surface area contributed by atoms with E-state index in [-0.39, 0.29) is 23.7 Å². The van der Waals surface area contributed by atoms with E-state index < -0.39 is 5.97 Å². The number of benzene rings is 1. The van der Waals surface area contributed by atoms with Crippen LogP contribution in [-0.4, -0.2) is 17.1 Å². The summed E-state index contributed by atoms with van der Waals surface area (Å²) >= 11 is 0. The fourth-order valence-corrected chi connectivity index (χ4v) is 1.70. The molecule has 100 valence electrons. The van der Waals surface area contributed by atoms with Crippen molar-refractivity contribution in [1.82, 2.24) is 5.32 Å². The molecule has 4 heteroatoms. The van der Waals surface area contributed by atoms with E-state index in [1.54, 1.807) is 12.1 Å². The summed E-state index contributed by atoms with van der Waals surface area (Å²) in [6.45, 7) is 6.53. The third kappa shape index (κ3) is 4.84. The standard InChI is InChI=1S/C14H20FNO2/c1-14(2,3)12(8-13(17)18)16-9-10-4-6-11(15)7-5-10/h4-7,12,16H,8-9H2,1-3H3,(H,17,18). The molecule has 0 saturated carbocycles. The second kappa shape index (κ2) is 5.96. The van der Waals surface area contributed by atoms with Gasteiger partial charge in [0.1, 0.15) is 5.82 Å². The van der Waals surface area contributed by atoms with Crippen molar-refractivity contribution in [2.24, 2.45) is 5.41 Å². The third-order valence-corrected chi connectivity index (χ3v) is 2.89. The van der Waals surface area contributed by atoms with E-state index in [2.05, 4.69) is 5.32 Å². The van der Waals surface area contributed by atoms with Gasteiger partial charge < -0.3 is 10.4 Å². The van der Waals surface area contributed by atoms with Crippen LogP contribution < -0.4 is 5.32 Å². The lowest BCUT2D eigenvalue weighted by Crippen LogP contribution is -2.41. The van der Waals surface area contributed by atoms with Gasteiger partial charge in [-0.15, -0.1) is 0 Å². The molecular formula is C14H20FNO2. The Balaban J connectivity index is 2.62. The maximum atomic E-state index is 12.7. The lowest BCUT2D eigenvalue weighted by molar-refractivity contribution is -0.138. The number of carbonyl (C=O) groups is 1. The Labute approximate surface area is 107 Å². The van der Waals surface area contributed by atoms with Crippen LogP contribution in [0.25, 0.3) is 0 Å². The number of hydrogen-bond acceptors (Lipinski definition) is 2. The van der Waals surface area contributed by atoms with E-state index in [9.17, 15) is 9.18 Å². The van der Waals surface area contributed by atoms with Gasteiger partial charge in [0.2, 0.25) is 0 Å². The summed E-state index contributed by atoms with van der Waals surface area (Å²) in [6.07, 6.45) is 0.0741. The highest BCUT2D eigenvalue weighted by Crippen LogP contribution is 2.22. The number of hydrogen-bond donors (Lipinski definition) is 2. The topological polar surface area (TPSA) is 49.3 Å². The molecule has 0 saturated heterocycles. The van der Waals surface area contributed by atoms with Crippen LogP contribution in [0.1, 0.15) is 32.8 Å². The zero-order chi connectivity index (χ0) is 13.8. The molecule has 0 heterocycles. The molecule has 0 aliphatic carbocycles. The van der Waals surface area contributed by atoms with Gasteiger partial charge in [-0.3, -0.25) is 4.79 Å². The van der Waals surface area contributed by atoms with Gasteiger partial charge in [-0.25, -0.2) is 4.39 Å². The first-order chi connectivity index (χ1) is 8.29. The largest absolute Gasteiger partial charge is 0.481 e. The van der Waals surface area contributed by atoms with Gasteiger partial charge in [-0.1, -0.05) is 32.9 Å². The lowest BCUT2D eigenvalue weighted by Gasteiger charge is -2.30. The van der Waals surface area contributed by atoms with Gasteiger partial charge in [0.25, 0.3) is 0 Å². The molecule has 2 N–H and O–H groups in total. The molecule has 1 aromatic rings. The predicted molar refractivity (Wildman–Crippen MR) is 68.7 cm³/mol. The average molecular weight is 253 g/mol. The molecule has 1 aromatic carbocycles. The second-order valence-corrected chi connectivity index (χ2v) is 5.52. The normalized spacial score (nSPS) is 13.3. The van der Waals surface area contributed by atoms with E-state index in [0.717, 1.165) is 5.56 Å². The molecule has 0 fully saturated rings. The molecule has 3 nitrogen and oxygen atoms in total. The van der Waals surface area contributed by atoms with Gasteiger partial charge in [-0.05, 0) is 23.1 Å². The molecular weight excluding hydrogens is 233 g/mol. The zero-order valence-corrected chi connectivity index (χ0v) is 11.0. The minimum absolute atomic E-state index is 0.0741. The monoisotopic (exact) mass is 253 g/mol. The van der Waals surface area contributed by atoms with Crippen molar-refractivity contribution < 1.29 is 14.3 Å². The zero-order valence-electron chi connectivity index (χ0n) is 11.0. The maximum absolute atomic E-state index is 12.7. The predicted octanol–water partition coefficient (Wildman–Crippen LogP) is 2.80. The van der Waals surface area contributed by atoms with Gasteiger partial charge >= 0.3 is 5.97 Å². The number of carboxylic acids is 1. The Morgan fingerprint density at radius 3 is 2.33 bits per heavy atom. The first-order valence-electron chi connectivity index (χ1n) is 5.98. The second-order valence-electron chi connectivity index (χ2n) is 5.52. The molecule has 1 rings (SSSR count). The molecule has 0 aliphatic rings. The smallest absolute Gasteiger partial charge is 0.304 e. The van der Waals surface area contributed by atoms with Gasteiger partial charge in [0.05, 0.1) is 6.42 Å². The molecule has 0 spiro atoms. The molecule has 0 radical (unpaired) electrons. The number of aliphatic carboxylic acids is 1. The quantitative estimate of drug-likeness (QED) is 0.848. The summed E-state index contributed by atoms with van der Waals surface area (Å²) in [6, 6.07) is 6.08. The van der Waals surface area contributed by atoms with Crippen molar-refractivity contribution in [1.29, 1.82) is 0 Å². The molecule has 18 heavy (non-hydrogen) atoms. The van der Waals surface area contributed by atoms with E-state index in [4.69, 9.17) is 5.11 Å². The Morgan fingerprint density at radius 1 is 1.33 bits per heavy atom. The number of carboxylic acid groups (broad SMARTS) is 1. The Kier molecular flexibility index (Phi) is 4.84. The highest BCUT2D eigenvalue weighted by atomic mass is 19.1. The fourth-order valence-electron chi connectivity index (χ4n) is 1.70. The minimum atomic E-state index is -0.818. The van der Waals surface area contributed by atoms with Crippen LogP contribution in [0.15, 0.2) is 24.3 Å². The molecule has 0 amide bonds. The molecule has 1 unspecified atom stereocenters. The maximum Gasteiger partial charge on any atom is 0.304 e. The highest BCUT2D eigenvalue weighted by Gasteiger charge is 2.26. The molecule has 1 atom stereocenters. The van der Waals surface area contributed by atoms with Crippen molar-refractivity contribution in [3.8, 4) is 0 Å². The Bertz CT molecular complexity index is 395. The van der Waals surface area contributed by atoms with Crippen molar-refractivity contribution >= 4 is 5.97 Å². The molecule has 0 aromatic heterocycles.